The molecule has 6 heteroatoms. The summed E-state index contributed by atoms with van der Waals surface area (Å²) >= 11 is 1.49. The Bertz CT molecular complexity index is 516. The third-order valence-corrected chi connectivity index (χ3v) is 3.32. The zero-order valence-electron chi connectivity index (χ0n) is 9.74. The molecular weight excluding hydrogens is 252 g/mol. The number of aliphatic carboxylic acids is 1. The summed E-state index contributed by atoms with van der Waals surface area (Å²) in [6.07, 6.45) is 4.17. The van der Waals surface area contributed by atoms with Gasteiger partial charge < -0.3 is 5.11 Å². The van der Waals surface area contributed by atoms with E-state index in [2.05, 4.69) is 0 Å². The Morgan fingerprint density at radius 1 is 1.44 bits per heavy atom. The van der Waals surface area contributed by atoms with Crippen molar-refractivity contribution in [3.05, 3.63) is 42.1 Å². The van der Waals surface area contributed by atoms with Gasteiger partial charge in [-0.1, -0.05) is 24.1 Å². The molecule has 94 valence electrons. The highest BCUT2D eigenvalue weighted by molar-refractivity contribution is 8.00. The van der Waals surface area contributed by atoms with E-state index in [9.17, 15) is 9.59 Å². The van der Waals surface area contributed by atoms with Crippen LogP contribution in [-0.2, 0) is 4.79 Å². The Morgan fingerprint density at radius 3 is 2.83 bits per heavy atom. The quantitative estimate of drug-likeness (QED) is 0.666. The van der Waals surface area contributed by atoms with Gasteiger partial charge in [-0.05, 0) is 12.1 Å². The number of para-hydroxylation sites is 1. The predicted molar refractivity (Wildman–Crippen MR) is 70.2 cm³/mol. The van der Waals surface area contributed by atoms with Crippen LogP contribution in [0.25, 0.3) is 0 Å². The van der Waals surface area contributed by atoms with Gasteiger partial charge in [0.25, 0.3) is 5.91 Å². The van der Waals surface area contributed by atoms with Gasteiger partial charge in [0.15, 0.2) is 0 Å². The van der Waals surface area contributed by atoms with E-state index in [4.69, 9.17) is 5.11 Å². The van der Waals surface area contributed by atoms with E-state index in [0.29, 0.717) is 12.2 Å². The van der Waals surface area contributed by atoms with Crippen LogP contribution in [-0.4, -0.2) is 34.8 Å². The van der Waals surface area contributed by atoms with E-state index in [1.165, 1.54) is 23.0 Å². The Hall–Kier alpha value is -1.95. The van der Waals surface area contributed by atoms with E-state index in [-0.39, 0.29) is 5.91 Å². The summed E-state index contributed by atoms with van der Waals surface area (Å²) in [5.74, 6) is -1.26. The fraction of sp³-hybridized carbons (Fsp3) is 0.167. The third kappa shape index (κ3) is 2.33. The molecule has 18 heavy (non-hydrogen) atoms. The minimum absolute atomic E-state index is 0.187. The van der Waals surface area contributed by atoms with Crippen molar-refractivity contribution in [1.29, 1.82) is 0 Å². The third-order valence-electron chi connectivity index (χ3n) is 2.56. The number of hydrogen-bond donors (Lipinski definition) is 1. The lowest BCUT2D eigenvalue weighted by Gasteiger charge is -2.34. The molecule has 1 aliphatic rings. The normalized spacial score (nSPS) is 15.1. The van der Waals surface area contributed by atoms with Crippen LogP contribution in [0.1, 0.15) is 10.4 Å². The highest BCUT2D eigenvalue weighted by atomic mass is 32.2. The smallest absolute Gasteiger partial charge is 0.329 e. The maximum absolute atomic E-state index is 12.1. The molecule has 5 nitrogen and oxygen atoms in total. The number of anilines is 1. The van der Waals surface area contributed by atoms with Crippen LogP contribution in [0.2, 0.25) is 0 Å². The van der Waals surface area contributed by atoms with E-state index < -0.39 is 5.97 Å². The molecule has 0 atom stereocenters. The number of hydrogen-bond acceptors (Lipinski definition) is 4. The van der Waals surface area contributed by atoms with E-state index >= 15 is 0 Å². The van der Waals surface area contributed by atoms with Crippen molar-refractivity contribution in [1.82, 2.24) is 4.90 Å². The highest BCUT2D eigenvalue weighted by Crippen LogP contribution is 2.30. The fourth-order valence-corrected chi connectivity index (χ4v) is 2.33. The highest BCUT2D eigenvalue weighted by Gasteiger charge is 2.27. The second kappa shape index (κ2) is 5.14. The zero-order chi connectivity index (χ0) is 13.1. The van der Waals surface area contributed by atoms with Gasteiger partial charge in [-0.3, -0.25) is 14.0 Å². The van der Waals surface area contributed by atoms with Crippen molar-refractivity contribution < 1.29 is 14.7 Å². The first-order chi connectivity index (χ1) is 8.63. The predicted octanol–water partition coefficient (Wildman–Crippen LogP) is 1.78. The van der Waals surface area contributed by atoms with Crippen LogP contribution < -0.4 is 4.31 Å². The second-order valence-corrected chi connectivity index (χ2v) is 4.45. The average molecular weight is 264 g/mol. The summed E-state index contributed by atoms with van der Waals surface area (Å²) in [7, 11) is 0. The Kier molecular flexibility index (Phi) is 3.57. The summed E-state index contributed by atoms with van der Waals surface area (Å²) in [6, 6.07) is 7.28. The SMILES string of the molecule is CSN1CN(/C=C/C(=O)O)C(=O)c2ccccc21. The molecule has 1 heterocycles. The summed E-state index contributed by atoms with van der Waals surface area (Å²) in [5.41, 5.74) is 1.43. The van der Waals surface area contributed by atoms with Gasteiger partial charge >= 0.3 is 5.97 Å². The number of nitrogens with zero attached hydrogens (tertiary/aromatic N) is 2. The molecule has 0 fully saturated rings. The average Bonchev–Trinajstić information content (AvgIpc) is 2.38. The lowest BCUT2D eigenvalue weighted by atomic mass is 10.1. The molecule has 2 rings (SSSR count). The van der Waals surface area contributed by atoms with E-state index in [0.717, 1.165) is 11.8 Å². The number of carbonyl (C=O) groups excluding carboxylic acids is 1. The minimum Gasteiger partial charge on any atom is -0.478 e. The van der Waals surface area contributed by atoms with Crippen molar-refractivity contribution in [2.24, 2.45) is 0 Å². The minimum atomic E-state index is -1.07. The fourth-order valence-electron chi connectivity index (χ4n) is 1.73. The lowest BCUT2D eigenvalue weighted by molar-refractivity contribution is -0.131. The van der Waals surface area contributed by atoms with Crippen LogP contribution in [0.5, 0.6) is 0 Å². The zero-order valence-corrected chi connectivity index (χ0v) is 10.6. The monoisotopic (exact) mass is 264 g/mol. The van der Waals surface area contributed by atoms with Gasteiger partial charge in [0.05, 0.1) is 11.3 Å². The molecule has 0 aliphatic carbocycles. The maximum Gasteiger partial charge on any atom is 0.329 e. The molecule has 1 aromatic rings. The Morgan fingerprint density at radius 2 is 2.17 bits per heavy atom. The van der Waals surface area contributed by atoms with Crippen molar-refractivity contribution in [3.63, 3.8) is 0 Å². The molecule has 1 N–H and O–H groups in total. The number of carbonyl (C=O) groups is 2. The molecule has 1 amide bonds. The topological polar surface area (TPSA) is 60.9 Å². The summed E-state index contributed by atoms with van der Waals surface area (Å²) < 4.78 is 1.93. The Balaban J connectivity index is 2.35. The van der Waals surface area contributed by atoms with Gasteiger partial charge in [-0.2, -0.15) is 0 Å². The molecule has 0 bridgehead atoms. The van der Waals surface area contributed by atoms with Gasteiger partial charge in [-0.25, -0.2) is 4.79 Å². The standard InChI is InChI=1S/C12H12N2O3S/c1-18-14-8-13(7-6-11(15)16)12(17)9-4-2-3-5-10(9)14/h2-7H,8H2,1H3,(H,15,16)/b7-6+. The molecule has 0 unspecified atom stereocenters. The molecule has 1 aliphatic heterocycles. The first-order valence-corrected chi connectivity index (χ1v) is 6.44. The molecule has 1 aromatic carbocycles. The van der Waals surface area contributed by atoms with Gasteiger partial charge in [0.1, 0.15) is 6.67 Å². The largest absolute Gasteiger partial charge is 0.478 e. The van der Waals surface area contributed by atoms with Crippen molar-refractivity contribution in [2.75, 3.05) is 17.2 Å². The number of carboxylic acid groups (broad SMARTS) is 1. The van der Waals surface area contributed by atoms with Crippen LogP contribution in [0, 0.1) is 0 Å². The van der Waals surface area contributed by atoms with Crippen molar-refractivity contribution in [3.8, 4) is 0 Å². The lowest BCUT2D eigenvalue weighted by Crippen LogP contribution is -2.40. The van der Waals surface area contributed by atoms with Crippen molar-refractivity contribution >= 4 is 29.5 Å². The van der Waals surface area contributed by atoms with Gasteiger partial charge in [0.2, 0.25) is 0 Å². The second-order valence-electron chi connectivity index (χ2n) is 3.65. The van der Waals surface area contributed by atoms with Gasteiger partial charge in [-0.15, -0.1) is 0 Å². The summed E-state index contributed by atoms with van der Waals surface area (Å²) in [4.78, 5) is 24.0. The van der Waals surface area contributed by atoms with Crippen LogP contribution in [0.3, 0.4) is 0 Å². The number of rotatable bonds is 3. The van der Waals surface area contributed by atoms with Gasteiger partial charge in [0, 0.05) is 18.5 Å². The molecule has 0 saturated carbocycles. The first-order valence-electron chi connectivity index (χ1n) is 5.26. The van der Waals surface area contributed by atoms with Crippen LogP contribution in [0.15, 0.2) is 36.5 Å². The molecule has 0 aromatic heterocycles. The summed E-state index contributed by atoms with van der Waals surface area (Å²) in [6.45, 7) is 0.334. The van der Waals surface area contributed by atoms with Crippen LogP contribution >= 0.6 is 11.9 Å². The van der Waals surface area contributed by atoms with E-state index in [1.54, 1.807) is 12.1 Å². The molecular formula is C12H12N2O3S. The molecule has 0 spiro atoms. The number of carboxylic acids is 1. The number of fused-ring (bicyclic) bond motifs is 1. The first kappa shape index (κ1) is 12.5. The van der Waals surface area contributed by atoms with Crippen LogP contribution in [0.4, 0.5) is 5.69 Å². The maximum atomic E-state index is 12.1. The number of benzene rings is 1. The molecule has 0 radical (unpaired) electrons. The van der Waals surface area contributed by atoms with E-state index in [1.807, 2.05) is 22.7 Å². The summed E-state index contributed by atoms with van der Waals surface area (Å²) in [5, 5.41) is 8.61. The van der Waals surface area contributed by atoms with Crippen molar-refractivity contribution in [2.45, 2.75) is 0 Å². The molecule has 0 saturated heterocycles. The number of amides is 1. The Labute approximate surface area is 109 Å².